The van der Waals surface area contributed by atoms with Crippen molar-refractivity contribution in [1.82, 2.24) is 9.88 Å². The summed E-state index contributed by atoms with van der Waals surface area (Å²) >= 11 is 0. The van der Waals surface area contributed by atoms with Crippen LogP contribution in [0.5, 0.6) is 0 Å². The molecule has 1 unspecified atom stereocenters. The normalized spacial score (nSPS) is 16.9. The number of H-pyrrole nitrogens is 1. The quantitative estimate of drug-likeness (QED) is 0.498. The summed E-state index contributed by atoms with van der Waals surface area (Å²) in [6.45, 7) is 3.78. The van der Waals surface area contributed by atoms with Crippen LogP contribution in [0, 0.1) is 5.92 Å². The average molecular weight is 522 g/mol. The zero-order valence-corrected chi connectivity index (χ0v) is 21.0. The Morgan fingerprint density at radius 1 is 1.11 bits per heavy atom. The van der Waals surface area contributed by atoms with Gasteiger partial charge in [0.15, 0.2) is 9.84 Å². The molecule has 10 heteroatoms. The molecule has 0 bridgehead atoms. The van der Waals surface area contributed by atoms with Gasteiger partial charge in [-0.15, -0.1) is 0 Å². The van der Waals surface area contributed by atoms with Crippen molar-refractivity contribution >= 4 is 26.6 Å². The first-order valence-electron chi connectivity index (χ1n) is 11.8. The van der Waals surface area contributed by atoms with Crippen molar-refractivity contribution < 1.29 is 26.4 Å². The number of aromatic amines is 1. The number of alkyl halides is 3. The maximum atomic E-state index is 13.4. The number of para-hydroxylation sites is 1. The largest absolute Gasteiger partial charge is 0.416 e. The van der Waals surface area contributed by atoms with Crippen molar-refractivity contribution in [1.29, 1.82) is 0 Å². The number of hydrogen-bond acceptors (Lipinski definition) is 4. The van der Waals surface area contributed by atoms with E-state index in [1.807, 2.05) is 30.5 Å². The Kier molecular flexibility index (Phi) is 6.96. The Morgan fingerprint density at radius 2 is 1.78 bits per heavy atom. The van der Waals surface area contributed by atoms with Gasteiger partial charge in [0.1, 0.15) is 0 Å². The molecule has 1 amide bonds. The molecule has 1 atom stereocenters. The van der Waals surface area contributed by atoms with E-state index in [-0.39, 0.29) is 16.7 Å². The molecule has 1 aromatic heterocycles. The minimum absolute atomic E-state index is 0.197. The third-order valence-corrected chi connectivity index (χ3v) is 9.98. The van der Waals surface area contributed by atoms with E-state index < -0.39 is 32.4 Å². The Balaban J connectivity index is 1.42. The van der Waals surface area contributed by atoms with E-state index in [2.05, 4.69) is 4.98 Å². The fourth-order valence-electron chi connectivity index (χ4n) is 5.02. The van der Waals surface area contributed by atoms with Gasteiger partial charge >= 0.3 is 6.18 Å². The van der Waals surface area contributed by atoms with Crippen LogP contribution in [0.4, 0.5) is 13.2 Å². The second kappa shape index (κ2) is 9.55. The van der Waals surface area contributed by atoms with Crippen LogP contribution in [0.3, 0.4) is 0 Å². The SMILES string of the molecule is CC(C)(C1CCN(C(=O)C(N)Cc2c[nH]c3ccccc23)CC1)S(=O)(=O)c1cccc(C(F)(F)F)c1. The molecule has 4 rings (SSSR count). The molecule has 0 aliphatic carbocycles. The van der Waals surface area contributed by atoms with Crippen LogP contribution in [0.15, 0.2) is 59.6 Å². The zero-order chi connectivity index (χ0) is 26.3. The predicted octanol–water partition coefficient (Wildman–Crippen LogP) is 4.55. The first kappa shape index (κ1) is 26.2. The van der Waals surface area contributed by atoms with E-state index in [0.29, 0.717) is 38.4 Å². The number of rotatable bonds is 6. The molecule has 3 aromatic rings. The molecule has 2 heterocycles. The van der Waals surface area contributed by atoms with Gasteiger partial charge in [-0.1, -0.05) is 24.3 Å². The van der Waals surface area contributed by atoms with E-state index in [4.69, 9.17) is 5.73 Å². The predicted molar refractivity (Wildman–Crippen MR) is 132 cm³/mol. The Hall–Kier alpha value is -2.85. The lowest BCUT2D eigenvalue weighted by atomic mass is 9.85. The van der Waals surface area contributed by atoms with Crippen molar-refractivity contribution in [3.63, 3.8) is 0 Å². The summed E-state index contributed by atoms with van der Waals surface area (Å²) in [5.74, 6) is -0.525. The van der Waals surface area contributed by atoms with Gasteiger partial charge in [0.2, 0.25) is 5.91 Å². The van der Waals surface area contributed by atoms with Gasteiger partial charge in [-0.05, 0) is 68.9 Å². The second-order valence-electron chi connectivity index (χ2n) is 9.90. The van der Waals surface area contributed by atoms with E-state index in [1.54, 1.807) is 18.7 Å². The highest BCUT2D eigenvalue weighted by Crippen LogP contribution is 2.39. The molecular formula is C26H30F3N3O3S. The summed E-state index contributed by atoms with van der Waals surface area (Å²) in [6, 6.07) is 10.9. The lowest BCUT2D eigenvalue weighted by Gasteiger charge is -2.40. The highest BCUT2D eigenvalue weighted by molar-refractivity contribution is 7.92. The summed E-state index contributed by atoms with van der Waals surface area (Å²) in [5, 5.41) is 1.01. The van der Waals surface area contributed by atoms with Gasteiger partial charge in [0, 0.05) is 30.2 Å². The summed E-state index contributed by atoms with van der Waals surface area (Å²) in [7, 11) is -4.06. The Bertz CT molecular complexity index is 1360. The molecule has 1 aliphatic heterocycles. The first-order valence-corrected chi connectivity index (χ1v) is 13.3. The molecule has 194 valence electrons. The number of nitrogens with two attached hydrogens (primary N) is 1. The van der Waals surface area contributed by atoms with E-state index in [1.165, 1.54) is 6.07 Å². The lowest BCUT2D eigenvalue weighted by molar-refractivity contribution is -0.137. The van der Waals surface area contributed by atoms with Gasteiger partial charge in [0.25, 0.3) is 0 Å². The first-order chi connectivity index (χ1) is 16.8. The molecule has 0 saturated carbocycles. The van der Waals surface area contributed by atoms with Crippen molar-refractivity contribution in [2.24, 2.45) is 11.7 Å². The maximum absolute atomic E-state index is 13.4. The van der Waals surface area contributed by atoms with Crippen LogP contribution >= 0.6 is 0 Å². The summed E-state index contributed by atoms with van der Waals surface area (Å²) in [5.41, 5.74) is 7.18. The van der Waals surface area contributed by atoms with Gasteiger partial charge < -0.3 is 15.6 Å². The number of sulfone groups is 1. The third kappa shape index (κ3) is 4.88. The number of nitrogens with zero attached hydrogens (tertiary/aromatic N) is 1. The number of benzene rings is 2. The molecule has 6 nitrogen and oxygen atoms in total. The van der Waals surface area contributed by atoms with Crippen LogP contribution in [0.1, 0.15) is 37.8 Å². The fourth-order valence-corrected chi connectivity index (χ4v) is 6.84. The topological polar surface area (TPSA) is 96.3 Å². The molecule has 0 spiro atoms. The number of carbonyl (C=O) groups excluding carboxylic acids is 1. The number of fused-ring (bicyclic) bond motifs is 1. The van der Waals surface area contributed by atoms with Gasteiger partial charge in [-0.25, -0.2) is 8.42 Å². The van der Waals surface area contributed by atoms with Crippen LogP contribution in [0.2, 0.25) is 0 Å². The molecule has 36 heavy (non-hydrogen) atoms. The van der Waals surface area contributed by atoms with Crippen molar-refractivity contribution in [2.45, 2.75) is 55.0 Å². The third-order valence-electron chi connectivity index (χ3n) is 7.39. The Labute approximate surface area is 208 Å². The second-order valence-corrected chi connectivity index (χ2v) is 12.4. The number of halogens is 3. The molecule has 2 aromatic carbocycles. The van der Waals surface area contributed by atoms with Crippen LogP contribution in [0.25, 0.3) is 10.9 Å². The molecule has 1 aliphatic rings. The standard InChI is InChI=1S/C26H30F3N3O3S/c1-25(2,36(34,35)20-7-5-6-19(15-20)26(27,28)29)18-10-12-32(13-11-18)24(33)22(30)14-17-16-31-23-9-4-3-8-21(17)23/h3-9,15-16,18,22,31H,10-14,30H2,1-2H3. The summed E-state index contributed by atoms with van der Waals surface area (Å²) < 4.78 is 64.9. The fraction of sp³-hybridized carbons (Fsp3) is 0.423. The number of nitrogens with one attached hydrogen (secondary N) is 1. The minimum Gasteiger partial charge on any atom is -0.361 e. The van der Waals surface area contributed by atoms with Gasteiger partial charge in [-0.3, -0.25) is 4.79 Å². The number of aromatic nitrogens is 1. The molecule has 3 N–H and O–H groups in total. The molecular weight excluding hydrogens is 491 g/mol. The number of hydrogen-bond donors (Lipinski definition) is 2. The highest BCUT2D eigenvalue weighted by Gasteiger charge is 2.45. The highest BCUT2D eigenvalue weighted by atomic mass is 32.2. The van der Waals surface area contributed by atoms with Gasteiger partial charge in [-0.2, -0.15) is 13.2 Å². The van der Waals surface area contributed by atoms with Crippen molar-refractivity contribution in [3.05, 3.63) is 65.9 Å². The molecule has 0 radical (unpaired) electrons. The maximum Gasteiger partial charge on any atom is 0.416 e. The van der Waals surface area contributed by atoms with Crippen LogP contribution in [-0.4, -0.2) is 48.1 Å². The lowest BCUT2D eigenvalue weighted by Crippen LogP contribution is -2.51. The summed E-state index contributed by atoms with van der Waals surface area (Å²) in [4.78, 5) is 17.5. The van der Waals surface area contributed by atoms with Crippen LogP contribution < -0.4 is 5.73 Å². The summed E-state index contributed by atoms with van der Waals surface area (Å²) in [6.07, 6.45) is -1.58. The monoisotopic (exact) mass is 521 g/mol. The van der Waals surface area contributed by atoms with E-state index >= 15 is 0 Å². The number of likely N-dealkylation sites (tertiary alicyclic amines) is 1. The number of amides is 1. The minimum atomic E-state index is -4.63. The van der Waals surface area contributed by atoms with Crippen LogP contribution in [-0.2, 0) is 27.2 Å². The smallest absolute Gasteiger partial charge is 0.361 e. The molecule has 1 saturated heterocycles. The van der Waals surface area contributed by atoms with E-state index in [9.17, 15) is 26.4 Å². The average Bonchev–Trinajstić information content (AvgIpc) is 3.25. The zero-order valence-electron chi connectivity index (χ0n) is 20.2. The van der Waals surface area contributed by atoms with Crippen molar-refractivity contribution in [3.8, 4) is 0 Å². The Morgan fingerprint density at radius 3 is 2.44 bits per heavy atom. The number of piperidine rings is 1. The number of carbonyl (C=O) groups is 1. The van der Waals surface area contributed by atoms with E-state index in [0.717, 1.165) is 28.6 Å². The van der Waals surface area contributed by atoms with Crippen molar-refractivity contribution in [2.75, 3.05) is 13.1 Å². The van der Waals surface area contributed by atoms with Gasteiger partial charge in [0.05, 0.1) is 21.2 Å². The molecule has 1 fully saturated rings.